The van der Waals surface area contributed by atoms with Gasteiger partial charge in [0, 0.05) is 30.4 Å². The third kappa shape index (κ3) is 5.98. The highest BCUT2D eigenvalue weighted by atomic mass is 16.5. The van der Waals surface area contributed by atoms with Crippen LogP contribution in [0.4, 0.5) is 5.69 Å². The number of hydrogen-bond donors (Lipinski definition) is 1. The van der Waals surface area contributed by atoms with Gasteiger partial charge in [-0.25, -0.2) is 0 Å². The number of likely N-dealkylation sites (tertiary alicyclic amines) is 1. The molecule has 2 aromatic carbocycles. The van der Waals surface area contributed by atoms with Crippen molar-refractivity contribution in [3.63, 3.8) is 0 Å². The number of carbonyl (C=O) groups is 2. The van der Waals surface area contributed by atoms with Gasteiger partial charge < -0.3 is 19.7 Å². The summed E-state index contributed by atoms with van der Waals surface area (Å²) in [5.41, 5.74) is 3.88. The maximum Gasteiger partial charge on any atom is 0.257 e. The van der Waals surface area contributed by atoms with Gasteiger partial charge >= 0.3 is 0 Å². The number of methoxy groups -OCH3 is 2. The van der Waals surface area contributed by atoms with Gasteiger partial charge in [0.15, 0.2) is 0 Å². The average Bonchev–Trinajstić information content (AvgIpc) is 2.89. The number of nitrogens with one attached hydrogen (secondary N) is 1. The molecule has 0 radical (unpaired) electrons. The first-order valence-electron chi connectivity index (χ1n) is 11.8. The quantitative estimate of drug-likeness (QED) is 0.542. The number of amides is 2. The van der Waals surface area contributed by atoms with Gasteiger partial charge in [0.1, 0.15) is 11.5 Å². The van der Waals surface area contributed by atoms with E-state index >= 15 is 0 Å². The third-order valence-electron chi connectivity index (χ3n) is 6.38. The number of anilines is 1. The minimum Gasteiger partial charge on any atom is -0.497 e. The summed E-state index contributed by atoms with van der Waals surface area (Å²) in [6.07, 6.45) is 1.88. The van der Waals surface area contributed by atoms with Crippen molar-refractivity contribution in [3.8, 4) is 11.5 Å². The summed E-state index contributed by atoms with van der Waals surface area (Å²) >= 11 is 0. The van der Waals surface area contributed by atoms with Gasteiger partial charge in [-0.15, -0.1) is 0 Å². The lowest BCUT2D eigenvalue weighted by atomic mass is 9.89. The van der Waals surface area contributed by atoms with Crippen LogP contribution in [0.25, 0.3) is 0 Å². The van der Waals surface area contributed by atoms with Crippen molar-refractivity contribution in [2.24, 2.45) is 0 Å². The number of ether oxygens (including phenoxy) is 2. The Labute approximate surface area is 206 Å². The Morgan fingerprint density at radius 3 is 2.37 bits per heavy atom. The van der Waals surface area contributed by atoms with Crippen LogP contribution in [0.2, 0.25) is 0 Å². The maximum absolute atomic E-state index is 13.1. The lowest BCUT2D eigenvalue weighted by molar-refractivity contribution is -0.131. The number of pyridine rings is 1. The topological polar surface area (TPSA) is 80.8 Å². The highest BCUT2D eigenvalue weighted by Gasteiger charge is 2.28. The monoisotopic (exact) mass is 473 g/mol. The highest BCUT2D eigenvalue weighted by Crippen LogP contribution is 2.30. The molecule has 1 fully saturated rings. The van der Waals surface area contributed by atoms with E-state index in [1.165, 1.54) is 0 Å². The Kier molecular flexibility index (Phi) is 7.65. The molecule has 1 aromatic heterocycles. The van der Waals surface area contributed by atoms with E-state index in [1.807, 2.05) is 72.5 Å². The number of hydrogen-bond acceptors (Lipinski definition) is 5. The molecule has 2 amide bonds. The molecule has 7 heteroatoms. The van der Waals surface area contributed by atoms with E-state index < -0.39 is 0 Å². The summed E-state index contributed by atoms with van der Waals surface area (Å²) in [4.78, 5) is 32.7. The Hall–Kier alpha value is -3.87. The second-order valence-corrected chi connectivity index (χ2v) is 8.75. The summed E-state index contributed by atoms with van der Waals surface area (Å²) in [6, 6.07) is 18.5. The molecule has 1 aliphatic heterocycles. The molecule has 0 saturated carbocycles. The van der Waals surface area contributed by atoms with Gasteiger partial charge in [0.25, 0.3) is 5.91 Å². The number of rotatable bonds is 7. The highest BCUT2D eigenvalue weighted by molar-refractivity contribution is 6.05. The normalized spacial score (nSPS) is 13.9. The first-order chi connectivity index (χ1) is 17.0. The lowest BCUT2D eigenvalue weighted by Crippen LogP contribution is -2.39. The number of benzene rings is 2. The van der Waals surface area contributed by atoms with Gasteiger partial charge in [-0.05, 0) is 73.9 Å². The lowest BCUT2D eigenvalue weighted by Gasteiger charge is -2.32. The van der Waals surface area contributed by atoms with Crippen LogP contribution in [0.1, 0.15) is 46.1 Å². The fourth-order valence-electron chi connectivity index (χ4n) is 4.42. The van der Waals surface area contributed by atoms with E-state index in [2.05, 4.69) is 5.32 Å². The van der Waals surface area contributed by atoms with E-state index in [4.69, 9.17) is 14.5 Å². The van der Waals surface area contributed by atoms with Gasteiger partial charge in [0.2, 0.25) is 5.91 Å². The minimum absolute atomic E-state index is 0.103. The molecule has 3 aromatic rings. The van der Waals surface area contributed by atoms with E-state index in [0.29, 0.717) is 30.8 Å². The van der Waals surface area contributed by atoms with E-state index in [-0.39, 0.29) is 17.7 Å². The van der Waals surface area contributed by atoms with Crippen molar-refractivity contribution in [3.05, 3.63) is 83.2 Å². The molecule has 4 rings (SSSR count). The van der Waals surface area contributed by atoms with Crippen LogP contribution in [-0.2, 0) is 11.2 Å². The molecule has 0 unspecified atom stereocenters. The zero-order valence-corrected chi connectivity index (χ0v) is 20.4. The van der Waals surface area contributed by atoms with Crippen molar-refractivity contribution in [2.45, 2.75) is 32.1 Å². The molecule has 1 saturated heterocycles. The molecule has 1 N–H and O–H groups in total. The van der Waals surface area contributed by atoms with Crippen LogP contribution in [0.3, 0.4) is 0 Å². The van der Waals surface area contributed by atoms with Crippen LogP contribution in [0, 0.1) is 6.92 Å². The van der Waals surface area contributed by atoms with Crippen molar-refractivity contribution in [1.82, 2.24) is 9.88 Å². The number of aromatic nitrogens is 1. The van der Waals surface area contributed by atoms with Gasteiger partial charge in [-0.3, -0.25) is 14.6 Å². The fraction of sp³-hybridized carbons (Fsp3) is 0.321. The molecule has 0 bridgehead atoms. The van der Waals surface area contributed by atoms with Crippen molar-refractivity contribution in [1.29, 1.82) is 0 Å². The molecule has 2 heterocycles. The number of nitrogens with zero attached hydrogens (tertiary/aromatic N) is 2. The van der Waals surface area contributed by atoms with Crippen LogP contribution in [0.15, 0.2) is 60.7 Å². The van der Waals surface area contributed by atoms with E-state index in [0.717, 1.165) is 41.3 Å². The van der Waals surface area contributed by atoms with Crippen LogP contribution in [-0.4, -0.2) is 49.0 Å². The Bertz CT molecular complexity index is 1190. The average molecular weight is 474 g/mol. The zero-order valence-electron chi connectivity index (χ0n) is 20.4. The molecule has 182 valence electrons. The SMILES string of the molecule is COc1ccc(NC(=O)c2ccc(C)nc2C2CCN(C(=O)Cc3cccc(OC)c3)CC2)cc1. The Morgan fingerprint density at radius 1 is 0.971 bits per heavy atom. The Balaban J connectivity index is 1.42. The molecular weight excluding hydrogens is 442 g/mol. The first kappa shape index (κ1) is 24.3. The zero-order chi connectivity index (χ0) is 24.8. The standard InChI is InChI=1S/C28H31N3O4/c1-19-7-12-25(28(33)30-22-8-10-23(34-2)11-9-22)27(29-19)21-13-15-31(16-14-21)26(32)18-20-5-4-6-24(17-20)35-3/h4-12,17,21H,13-16,18H2,1-3H3,(H,30,33). The van der Waals surface area contributed by atoms with Gasteiger partial charge in [-0.1, -0.05) is 12.1 Å². The Morgan fingerprint density at radius 2 is 1.69 bits per heavy atom. The first-order valence-corrected chi connectivity index (χ1v) is 11.8. The molecule has 35 heavy (non-hydrogen) atoms. The molecule has 0 aliphatic carbocycles. The van der Waals surface area contributed by atoms with Crippen LogP contribution in [0.5, 0.6) is 11.5 Å². The third-order valence-corrected chi connectivity index (χ3v) is 6.38. The summed E-state index contributed by atoms with van der Waals surface area (Å²) in [7, 11) is 3.23. The summed E-state index contributed by atoms with van der Waals surface area (Å²) in [5, 5.41) is 2.96. The maximum atomic E-state index is 13.1. The van der Waals surface area contributed by atoms with Crippen molar-refractivity contribution in [2.75, 3.05) is 32.6 Å². The largest absolute Gasteiger partial charge is 0.497 e. The predicted molar refractivity (Wildman–Crippen MR) is 135 cm³/mol. The summed E-state index contributed by atoms with van der Waals surface area (Å²) in [6.45, 7) is 3.21. The predicted octanol–water partition coefficient (Wildman–Crippen LogP) is 4.61. The van der Waals surface area contributed by atoms with Crippen LogP contribution >= 0.6 is 0 Å². The minimum atomic E-state index is -0.186. The number of carbonyl (C=O) groups excluding carboxylic acids is 2. The number of aryl methyl sites for hydroxylation is 1. The van der Waals surface area contributed by atoms with Crippen molar-refractivity contribution < 1.29 is 19.1 Å². The molecule has 1 aliphatic rings. The molecular formula is C28H31N3O4. The van der Waals surface area contributed by atoms with Crippen molar-refractivity contribution >= 4 is 17.5 Å². The van der Waals surface area contributed by atoms with Crippen LogP contribution < -0.4 is 14.8 Å². The smallest absolute Gasteiger partial charge is 0.257 e. The second-order valence-electron chi connectivity index (χ2n) is 8.75. The van der Waals surface area contributed by atoms with Gasteiger partial charge in [0.05, 0.1) is 31.9 Å². The second kappa shape index (κ2) is 11.0. The van der Waals surface area contributed by atoms with E-state index in [1.54, 1.807) is 14.2 Å². The van der Waals surface area contributed by atoms with E-state index in [9.17, 15) is 9.59 Å². The van der Waals surface area contributed by atoms with Gasteiger partial charge in [-0.2, -0.15) is 0 Å². The fourth-order valence-corrected chi connectivity index (χ4v) is 4.42. The number of piperidine rings is 1. The molecule has 7 nitrogen and oxygen atoms in total. The molecule has 0 atom stereocenters. The molecule has 0 spiro atoms. The summed E-state index contributed by atoms with van der Waals surface area (Å²) in [5.74, 6) is 1.52. The summed E-state index contributed by atoms with van der Waals surface area (Å²) < 4.78 is 10.4.